The van der Waals surface area contributed by atoms with Gasteiger partial charge in [-0.3, -0.25) is 4.79 Å². The Morgan fingerprint density at radius 1 is 0.412 bits per heavy atom. The van der Waals surface area contributed by atoms with Gasteiger partial charge in [-0.25, -0.2) is 0 Å². The Morgan fingerprint density at radius 3 is 0.941 bits per heavy atom. The third kappa shape index (κ3) is 38.9. The van der Waals surface area contributed by atoms with Crippen LogP contribution in [0.1, 0.15) is 264 Å². The second kappa shape index (κ2) is 42.1. The molecule has 0 aromatic rings. The van der Waals surface area contributed by atoms with E-state index in [4.69, 9.17) is 0 Å². The van der Waals surface area contributed by atoms with E-state index in [1.165, 1.54) is 205 Å². The molecule has 0 aliphatic carbocycles. The Bertz CT molecular complexity index is 674. The van der Waals surface area contributed by atoms with Crippen molar-refractivity contribution in [3.63, 3.8) is 0 Å². The molecule has 0 aromatic carbocycles. The maximum Gasteiger partial charge on any atom is 0.222 e. The average Bonchev–Trinajstić information content (AvgIpc) is 3.12. The van der Waals surface area contributed by atoms with E-state index in [9.17, 15) is 20.1 Å². The number of carbonyl (C=O) groups excluding carboxylic acids is 1. The molecule has 5 nitrogen and oxygen atoms in total. The maximum atomic E-state index is 12.5. The number of carbonyl (C=O) groups is 1. The van der Waals surface area contributed by atoms with Crippen molar-refractivity contribution in [2.45, 2.75) is 283 Å². The predicted octanol–water partition coefficient (Wildman–Crippen LogP) is 13.4. The number of rotatable bonds is 43. The van der Waals surface area contributed by atoms with Crippen LogP contribution in [0, 0.1) is 0 Å². The zero-order chi connectivity index (χ0) is 37.3. The van der Waals surface area contributed by atoms with E-state index in [-0.39, 0.29) is 18.9 Å². The van der Waals surface area contributed by atoms with Crippen molar-refractivity contribution in [3.8, 4) is 0 Å². The summed E-state index contributed by atoms with van der Waals surface area (Å²) in [6, 6.07) is -0.652. The molecule has 3 atom stereocenters. The molecule has 1 amide bonds. The van der Waals surface area contributed by atoms with Crippen LogP contribution < -0.4 is 5.32 Å². The highest BCUT2D eigenvalue weighted by Gasteiger charge is 2.21. The Hall–Kier alpha value is -0.650. The lowest BCUT2D eigenvalue weighted by Crippen LogP contribution is -2.46. The number of aliphatic hydroxyl groups is 3. The summed E-state index contributed by atoms with van der Waals surface area (Å²) < 4.78 is 0. The highest BCUT2D eigenvalue weighted by Crippen LogP contribution is 2.17. The lowest BCUT2D eigenvalue weighted by molar-refractivity contribution is -0.125. The molecule has 0 saturated heterocycles. The van der Waals surface area contributed by atoms with Gasteiger partial charge in [-0.05, 0) is 12.8 Å². The lowest BCUT2D eigenvalue weighted by Gasteiger charge is -2.23. The summed E-state index contributed by atoms with van der Waals surface area (Å²) in [5.41, 5.74) is 0. The third-order valence-electron chi connectivity index (χ3n) is 11.2. The molecule has 51 heavy (non-hydrogen) atoms. The minimum atomic E-state index is -0.743. The smallest absolute Gasteiger partial charge is 0.222 e. The van der Waals surface area contributed by atoms with Crippen molar-refractivity contribution in [2.24, 2.45) is 0 Å². The molecule has 0 aromatic heterocycles. The van der Waals surface area contributed by atoms with Gasteiger partial charge in [0.2, 0.25) is 5.91 Å². The minimum Gasteiger partial charge on any atom is -0.394 e. The molecule has 0 radical (unpaired) electrons. The fourth-order valence-electron chi connectivity index (χ4n) is 7.58. The first-order chi connectivity index (χ1) is 25.0. The second-order valence-electron chi connectivity index (χ2n) is 16.4. The maximum absolute atomic E-state index is 12.5. The Balaban J connectivity index is 3.56. The molecule has 0 fully saturated rings. The highest BCUT2D eigenvalue weighted by atomic mass is 16.3. The van der Waals surface area contributed by atoms with Crippen LogP contribution in [0.4, 0.5) is 0 Å². The molecule has 0 spiro atoms. The van der Waals surface area contributed by atoms with Gasteiger partial charge in [0, 0.05) is 0 Å². The number of hydrogen-bond acceptors (Lipinski definition) is 4. The molecule has 306 valence electrons. The summed E-state index contributed by atoms with van der Waals surface area (Å²) in [5.74, 6) is -0.277. The molecular formula is C46H93NO4. The van der Waals surface area contributed by atoms with Gasteiger partial charge in [0.25, 0.3) is 0 Å². The molecule has 0 bridgehead atoms. The zero-order valence-electron chi connectivity index (χ0n) is 34.8. The number of amides is 1. The molecule has 0 saturated carbocycles. The second-order valence-corrected chi connectivity index (χ2v) is 16.4. The van der Waals surface area contributed by atoms with Crippen molar-refractivity contribution in [1.29, 1.82) is 0 Å². The van der Waals surface area contributed by atoms with Crippen LogP contribution in [0.15, 0.2) is 0 Å². The highest BCUT2D eigenvalue weighted by molar-refractivity contribution is 5.76. The van der Waals surface area contributed by atoms with Crippen LogP contribution in [0.3, 0.4) is 0 Å². The summed E-state index contributed by atoms with van der Waals surface area (Å²) >= 11 is 0. The topological polar surface area (TPSA) is 89.8 Å². The molecular weight excluding hydrogens is 631 g/mol. The fraction of sp³-hybridized carbons (Fsp3) is 0.978. The summed E-state index contributed by atoms with van der Waals surface area (Å²) in [6.07, 6.45) is 47.9. The van der Waals surface area contributed by atoms with Crippen LogP contribution in [-0.2, 0) is 4.79 Å². The van der Waals surface area contributed by atoms with Gasteiger partial charge >= 0.3 is 0 Å². The van der Waals surface area contributed by atoms with E-state index in [2.05, 4.69) is 19.2 Å². The molecule has 3 unspecified atom stereocenters. The van der Waals surface area contributed by atoms with Gasteiger partial charge in [-0.15, -0.1) is 0 Å². The Kier molecular flexibility index (Phi) is 41.6. The number of hydrogen-bond donors (Lipinski definition) is 4. The first-order valence-electron chi connectivity index (χ1n) is 23.3. The van der Waals surface area contributed by atoms with Crippen molar-refractivity contribution in [2.75, 3.05) is 6.61 Å². The van der Waals surface area contributed by atoms with Crippen molar-refractivity contribution in [3.05, 3.63) is 0 Å². The number of aliphatic hydroxyl groups excluding tert-OH is 3. The lowest BCUT2D eigenvalue weighted by atomic mass is 10.0. The Labute approximate surface area is 319 Å². The molecule has 5 heteroatoms. The van der Waals surface area contributed by atoms with Crippen LogP contribution >= 0.6 is 0 Å². The van der Waals surface area contributed by atoms with Crippen molar-refractivity contribution in [1.82, 2.24) is 5.32 Å². The first kappa shape index (κ1) is 50.4. The van der Waals surface area contributed by atoms with Gasteiger partial charge in [0.05, 0.1) is 31.3 Å². The van der Waals surface area contributed by atoms with Gasteiger partial charge in [-0.1, -0.05) is 245 Å². The molecule has 4 N–H and O–H groups in total. The zero-order valence-corrected chi connectivity index (χ0v) is 34.8. The van der Waals surface area contributed by atoms with Crippen LogP contribution in [0.2, 0.25) is 0 Å². The van der Waals surface area contributed by atoms with Crippen LogP contribution in [0.25, 0.3) is 0 Å². The average molecular weight is 724 g/mol. The summed E-state index contributed by atoms with van der Waals surface area (Å²) in [6.45, 7) is 4.29. The van der Waals surface area contributed by atoms with Gasteiger partial charge in [0.1, 0.15) is 0 Å². The fourth-order valence-corrected chi connectivity index (χ4v) is 7.58. The SMILES string of the molecule is CCCCCCCCCCCCCCCCCCCCCC(O)CC(=O)NC(CO)C(O)CCCCCCCCCCCCCCCCCCC. The normalized spacial score (nSPS) is 13.4. The van der Waals surface area contributed by atoms with Crippen LogP contribution in [0.5, 0.6) is 0 Å². The minimum absolute atomic E-state index is 0.0430. The van der Waals surface area contributed by atoms with E-state index in [1.54, 1.807) is 0 Å². The van der Waals surface area contributed by atoms with E-state index in [0.29, 0.717) is 12.8 Å². The third-order valence-corrected chi connectivity index (χ3v) is 11.2. The first-order valence-corrected chi connectivity index (χ1v) is 23.3. The van der Waals surface area contributed by atoms with Crippen LogP contribution in [-0.4, -0.2) is 46.1 Å². The van der Waals surface area contributed by atoms with Gasteiger partial charge in [0.15, 0.2) is 0 Å². The largest absolute Gasteiger partial charge is 0.394 e. The number of unbranched alkanes of at least 4 members (excludes halogenated alkanes) is 34. The Morgan fingerprint density at radius 2 is 0.667 bits per heavy atom. The molecule has 0 aliphatic rings. The van der Waals surface area contributed by atoms with E-state index in [1.807, 2.05) is 0 Å². The van der Waals surface area contributed by atoms with E-state index in [0.717, 1.165) is 25.7 Å². The molecule has 0 rings (SSSR count). The summed E-state index contributed by atoms with van der Waals surface area (Å²) in [4.78, 5) is 12.5. The van der Waals surface area contributed by atoms with Crippen molar-refractivity contribution >= 4 is 5.91 Å². The standard InChI is InChI=1S/C46H93NO4/c1-3-5-7-9-11-13-15-17-19-21-22-24-25-27-29-31-33-35-37-39-43(49)41-46(51)47-44(42-48)45(50)40-38-36-34-32-30-28-26-23-20-18-16-14-12-10-8-6-4-2/h43-45,48-50H,3-42H2,1-2H3,(H,47,51). The van der Waals surface area contributed by atoms with E-state index >= 15 is 0 Å². The summed E-state index contributed by atoms with van der Waals surface area (Å²) in [5, 5.41) is 33.5. The predicted molar refractivity (Wildman–Crippen MR) is 222 cm³/mol. The van der Waals surface area contributed by atoms with Crippen molar-refractivity contribution < 1.29 is 20.1 Å². The number of nitrogens with one attached hydrogen (secondary N) is 1. The molecule has 0 heterocycles. The molecule has 0 aliphatic heterocycles. The summed E-state index contributed by atoms with van der Waals surface area (Å²) in [7, 11) is 0. The van der Waals surface area contributed by atoms with Gasteiger partial charge < -0.3 is 20.6 Å². The monoisotopic (exact) mass is 724 g/mol. The quantitative estimate of drug-likeness (QED) is 0.0472. The van der Waals surface area contributed by atoms with Gasteiger partial charge in [-0.2, -0.15) is 0 Å². The van der Waals surface area contributed by atoms with E-state index < -0.39 is 18.2 Å².